The van der Waals surface area contributed by atoms with E-state index >= 15 is 0 Å². The molecule has 2 aliphatic rings. The van der Waals surface area contributed by atoms with E-state index in [-0.39, 0.29) is 16.7 Å². The standard InChI is InChI=1S/C15H20N2O3S/c1-11-2-6-14(7-3-11)21(19,20)16-9-12-8-15(18)17(10-12)13-4-5-13/h2-3,6-7,12-13,16H,4-5,8-10H2,1H3. The topological polar surface area (TPSA) is 66.5 Å². The first-order valence-electron chi connectivity index (χ1n) is 7.31. The van der Waals surface area contributed by atoms with Gasteiger partial charge in [0.2, 0.25) is 15.9 Å². The van der Waals surface area contributed by atoms with Gasteiger partial charge in [-0.15, -0.1) is 0 Å². The van der Waals surface area contributed by atoms with Crippen molar-refractivity contribution in [3.8, 4) is 0 Å². The average Bonchev–Trinajstić information content (AvgIpc) is 3.21. The third kappa shape index (κ3) is 3.27. The molecule has 1 unspecified atom stereocenters. The van der Waals surface area contributed by atoms with E-state index in [1.54, 1.807) is 24.3 Å². The van der Waals surface area contributed by atoms with Gasteiger partial charge in [0.15, 0.2) is 0 Å². The van der Waals surface area contributed by atoms with E-state index < -0.39 is 10.0 Å². The average molecular weight is 308 g/mol. The summed E-state index contributed by atoms with van der Waals surface area (Å²) in [5, 5.41) is 0. The van der Waals surface area contributed by atoms with Crippen molar-refractivity contribution >= 4 is 15.9 Å². The molecule has 1 heterocycles. The molecule has 0 bridgehead atoms. The zero-order valence-electron chi connectivity index (χ0n) is 12.1. The highest BCUT2D eigenvalue weighted by Gasteiger charge is 2.39. The molecule has 1 N–H and O–H groups in total. The van der Waals surface area contributed by atoms with Crippen LogP contribution in [0.15, 0.2) is 29.2 Å². The number of benzene rings is 1. The molecule has 0 aromatic heterocycles. The number of rotatable bonds is 5. The molecule has 1 aliphatic heterocycles. The predicted molar refractivity (Wildman–Crippen MR) is 79.2 cm³/mol. The molecule has 1 atom stereocenters. The highest BCUT2D eigenvalue weighted by atomic mass is 32.2. The summed E-state index contributed by atoms with van der Waals surface area (Å²) in [6, 6.07) is 7.18. The smallest absolute Gasteiger partial charge is 0.240 e. The maximum atomic E-state index is 12.2. The fourth-order valence-corrected chi connectivity index (χ4v) is 3.83. The van der Waals surface area contributed by atoms with Crippen molar-refractivity contribution in [3.63, 3.8) is 0 Å². The van der Waals surface area contributed by atoms with Crippen LogP contribution in [-0.4, -0.2) is 38.4 Å². The molecule has 1 saturated carbocycles. The predicted octanol–water partition coefficient (Wildman–Crippen LogP) is 1.28. The highest BCUT2D eigenvalue weighted by molar-refractivity contribution is 7.89. The number of hydrogen-bond acceptors (Lipinski definition) is 3. The Morgan fingerprint density at radius 1 is 1.24 bits per heavy atom. The van der Waals surface area contributed by atoms with Crippen molar-refractivity contribution in [1.82, 2.24) is 9.62 Å². The molecule has 1 saturated heterocycles. The van der Waals surface area contributed by atoms with Gasteiger partial charge < -0.3 is 4.90 Å². The number of nitrogens with one attached hydrogen (secondary N) is 1. The molecule has 0 radical (unpaired) electrons. The van der Waals surface area contributed by atoms with Crippen molar-refractivity contribution in [3.05, 3.63) is 29.8 Å². The van der Waals surface area contributed by atoms with Gasteiger partial charge in [-0.05, 0) is 37.8 Å². The van der Waals surface area contributed by atoms with E-state index in [1.807, 2.05) is 11.8 Å². The minimum Gasteiger partial charge on any atom is -0.339 e. The number of likely N-dealkylation sites (tertiary alicyclic amines) is 1. The Bertz CT molecular complexity index is 635. The Hall–Kier alpha value is -1.40. The zero-order valence-corrected chi connectivity index (χ0v) is 12.9. The molecular weight excluding hydrogens is 288 g/mol. The second-order valence-electron chi connectivity index (χ2n) is 6.01. The second-order valence-corrected chi connectivity index (χ2v) is 7.78. The van der Waals surface area contributed by atoms with Crippen LogP contribution in [0.1, 0.15) is 24.8 Å². The zero-order chi connectivity index (χ0) is 15.0. The van der Waals surface area contributed by atoms with E-state index in [0.29, 0.717) is 25.6 Å². The van der Waals surface area contributed by atoms with E-state index in [2.05, 4.69) is 4.72 Å². The Balaban J connectivity index is 1.59. The lowest BCUT2D eigenvalue weighted by molar-refractivity contribution is -0.128. The van der Waals surface area contributed by atoms with E-state index in [4.69, 9.17) is 0 Å². The minimum absolute atomic E-state index is 0.0818. The van der Waals surface area contributed by atoms with E-state index in [0.717, 1.165) is 18.4 Å². The third-order valence-corrected chi connectivity index (χ3v) is 5.56. The van der Waals surface area contributed by atoms with Crippen molar-refractivity contribution < 1.29 is 13.2 Å². The Kier molecular flexibility index (Phi) is 3.75. The van der Waals surface area contributed by atoms with Crippen LogP contribution in [-0.2, 0) is 14.8 Å². The second kappa shape index (κ2) is 5.42. The van der Waals surface area contributed by atoms with Gasteiger partial charge >= 0.3 is 0 Å². The molecule has 1 amide bonds. The summed E-state index contributed by atoms with van der Waals surface area (Å²) in [7, 11) is -3.48. The molecule has 114 valence electrons. The first-order valence-corrected chi connectivity index (χ1v) is 8.80. The summed E-state index contributed by atoms with van der Waals surface area (Å²) in [4.78, 5) is 14.0. The van der Waals surface area contributed by atoms with Gasteiger partial charge in [-0.25, -0.2) is 13.1 Å². The fourth-order valence-electron chi connectivity index (χ4n) is 2.71. The lowest BCUT2D eigenvalue weighted by atomic mass is 10.1. The fraction of sp³-hybridized carbons (Fsp3) is 0.533. The molecule has 2 fully saturated rings. The molecule has 3 rings (SSSR count). The maximum absolute atomic E-state index is 12.2. The Morgan fingerprint density at radius 3 is 2.52 bits per heavy atom. The van der Waals surface area contributed by atoms with Crippen LogP contribution in [0.2, 0.25) is 0 Å². The summed E-state index contributed by atoms with van der Waals surface area (Å²) in [6.07, 6.45) is 2.63. The van der Waals surface area contributed by atoms with Gasteiger partial charge in [0.25, 0.3) is 0 Å². The summed E-state index contributed by atoms with van der Waals surface area (Å²) in [5.41, 5.74) is 1.02. The molecule has 0 spiro atoms. The SMILES string of the molecule is Cc1ccc(S(=O)(=O)NCC2CC(=O)N(C3CC3)C2)cc1. The monoisotopic (exact) mass is 308 g/mol. The first-order chi connectivity index (χ1) is 9.95. The number of aryl methyl sites for hydroxylation is 1. The van der Waals surface area contributed by atoms with Crippen LogP contribution in [0.25, 0.3) is 0 Å². The van der Waals surface area contributed by atoms with Gasteiger partial charge in [0.05, 0.1) is 4.90 Å². The molecule has 1 aliphatic carbocycles. The summed E-state index contributed by atoms with van der Waals surface area (Å²) >= 11 is 0. The summed E-state index contributed by atoms with van der Waals surface area (Å²) in [6.45, 7) is 2.92. The molecule has 5 nitrogen and oxygen atoms in total. The molecule has 1 aromatic rings. The number of carbonyl (C=O) groups excluding carboxylic acids is 1. The molecule has 21 heavy (non-hydrogen) atoms. The minimum atomic E-state index is -3.48. The quantitative estimate of drug-likeness (QED) is 0.891. The first kappa shape index (κ1) is 14.5. The summed E-state index contributed by atoms with van der Waals surface area (Å²) < 4.78 is 27.0. The van der Waals surface area contributed by atoms with Crippen LogP contribution < -0.4 is 4.72 Å². The largest absolute Gasteiger partial charge is 0.339 e. The number of carbonyl (C=O) groups is 1. The molecular formula is C15H20N2O3S. The number of amides is 1. The van der Waals surface area contributed by atoms with Gasteiger partial charge in [-0.1, -0.05) is 17.7 Å². The normalized spacial score (nSPS) is 22.8. The lowest BCUT2D eigenvalue weighted by Crippen LogP contribution is -2.32. The lowest BCUT2D eigenvalue weighted by Gasteiger charge is -2.15. The Labute approximate surface area is 125 Å². The van der Waals surface area contributed by atoms with Crippen LogP contribution in [0.4, 0.5) is 0 Å². The molecule has 1 aromatic carbocycles. The van der Waals surface area contributed by atoms with Gasteiger partial charge in [-0.2, -0.15) is 0 Å². The highest BCUT2D eigenvalue weighted by Crippen LogP contribution is 2.32. The molecule has 6 heteroatoms. The van der Waals surface area contributed by atoms with Crippen molar-refractivity contribution in [2.45, 2.75) is 37.1 Å². The van der Waals surface area contributed by atoms with Crippen LogP contribution in [0.3, 0.4) is 0 Å². The summed E-state index contributed by atoms with van der Waals surface area (Å²) in [5.74, 6) is 0.246. The number of nitrogens with zero attached hydrogens (tertiary/aromatic N) is 1. The van der Waals surface area contributed by atoms with Crippen LogP contribution in [0.5, 0.6) is 0 Å². The van der Waals surface area contributed by atoms with E-state index in [9.17, 15) is 13.2 Å². The maximum Gasteiger partial charge on any atom is 0.240 e. The van der Waals surface area contributed by atoms with Crippen LogP contribution >= 0.6 is 0 Å². The Morgan fingerprint density at radius 2 is 1.90 bits per heavy atom. The number of hydrogen-bond donors (Lipinski definition) is 1. The van der Waals surface area contributed by atoms with Crippen molar-refractivity contribution in [1.29, 1.82) is 0 Å². The van der Waals surface area contributed by atoms with E-state index in [1.165, 1.54) is 0 Å². The van der Waals surface area contributed by atoms with Gasteiger partial charge in [-0.3, -0.25) is 4.79 Å². The van der Waals surface area contributed by atoms with Crippen LogP contribution in [0, 0.1) is 12.8 Å². The van der Waals surface area contributed by atoms with Gasteiger partial charge in [0.1, 0.15) is 0 Å². The van der Waals surface area contributed by atoms with Gasteiger partial charge in [0, 0.05) is 25.6 Å². The van der Waals surface area contributed by atoms with Crippen molar-refractivity contribution in [2.75, 3.05) is 13.1 Å². The van der Waals surface area contributed by atoms with Crippen molar-refractivity contribution in [2.24, 2.45) is 5.92 Å². The number of sulfonamides is 1. The third-order valence-electron chi connectivity index (χ3n) is 4.12.